The lowest BCUT2D eigenvalue weighted by Gasteiger charge is -2.22. The molecule has 0 aliphatic heterocycles. The third kappa shape index (κ3) is 5.49. The maximum Gasteiger partial charge on any atom is 0.263 e. The average Bonchev–Trinajstić information content (AvgIpc) is 2.58. The summed E-state index contributed by atoms with van der Waals surface area (Å²) >= 11 is 5.92. The molecule has 0 saturated heterocycles. The molecule has 0 unspecified atom stereocenters. The Hall–Kier alpha value is -2.53. The summed E-state index contributed by atoms with van der Waals surface area (Å²) in [4.78, 5) is 25.9. The van der Waals surface area contributed by atoms with Crippen molar-refractivity contribution in [2.24, 2.45) is 0 Å². The molecule has 0 aliphatic rings. The normalized spacial score (nSPS) is 11.6. The minimum atomic E-state index is -0.716. The molecule has 2 amide bonds. The van der Waals surface area contributed by atoms with Gasteiger partial charge in [-0.25, -0.2) is 0 Å². The number of carbonyl (C=O) groups is 2. The minimum absolute atomic E-state index is 0.0555. The van der Waals surface area contributed by atoms with Crippen molar-refractivity contribution in [3.05, 3.63) is 58.6 Å². The summed E-state index contributed by atoms with van der Waals surface area (Å²) in [5.74, 6) is 0.0470. The van der Waals surface area contributed by atoms with Crippen molar-refractivity contribution >= 4 is 29.1 Å². The number of hydrogen-bond acceptors (Lipinski definition) is 3. The fourth-order valence-electron chi connectivity index (χ4n) is 2.43. The first-order valence-electron chi connectivity index (χ1n) is 8.30. The van der Waals surface area contributed by atoms with E-state index in [1.807, 2.05) is 38.1 Å². The Bertz CT molecular complexity index is 790. The second-order valence-corrected chi connectivity index (χ2v) is 6.71. The van der Waals surface area contributed by atoms with Crippen molar-refractivity contribution < 1.29 is 14.3 Å². The third-order valence-corrected chi connectivity index (χ3v) is 4.12. The molecule has 0 bridgehead atoms. The van der Waals surface area contributed by atoms with E-state index in [9.17, 15) is 9.59 Å². The van der Waals surface area contributed by atoms with Crippen LogP contribution in [0.4, 0.5) is 5.69 Å². The lowest BCUT2D eigenvalue weighted by Crippen LogP contribution is -2.42. The number of halogens is 1. The lowest BCUT2D eigenvalue weighted by atomic mass is 10.2. The van der Waals surface area contributed by atoms with Crippen LogP contribution >= 0.6 is 11.6 Å². The number of ether oxygens (including phenoxy) is 1. The van der Waals surface area contributed by atoms with Gasteiger partial charge in [-0.2, -0.15) is 0 Å². The molecule has 0 heterocycles. The quantitative estimate of drug-likeness (QED) is 0.836. The highest BCUT2D eigenvalue weighted by Crippen LogP contribution is 2.23. The fourth-order valence-corrected chi connectivity index (χ4v) is 2.65. The second-order valence-electron chi connectivity index (χ2n) is 6.28. The number of likely N-dealkylation sites (N-methyl/N-ethyl adjacent to an activating group) is 1. The molecule has 2 aromatic carbocycles. The average molecular weight is 375 g/mol. The molecule has 0 aromatic heterocycles. The molecule has 0 spiro atoms. The van der Waals surface area contributed by atoms with Crippen LogP contribution < -0.4 is 10.1 Å². The molecule has 0 fully saturated rings. The number of aryl methyl sites for hydroxylation is 2. The van der Waals surface area contributed by atoms with Crippen LogP contribution in [0.5, 0.6) is 5.75 Å². The van der Waals surface area contributed by atoms with Crippen LogP contribution in [0.25, 0.3) is 0 Å². The zero-order chi connectivity index (χ0) is 19.3. The summed E-state index contributed by atoms with van der Waals surface area (Å²) in [7, 11) is 1.58. The van der Waals surface area contributed by atoms with E-state index in [1.165, 1.54) is 4.90 Å². The zero-order valence-electron chi connectivity index (χ0n) is 15.4. The predicted molar refractivity (Wildman–Crippen MR) is 104 cm³/mol. The van der Waals surface area contributed by atoms with E-state index in [1.54, 1.807) is 32.2 Å². The van der Waals surface area contributed by atoms with Gasteiger partial charge in [0.1, 0.15) is 5.75 Å². The first-order valence-corrected chi connectivity index (χ1v) is 8.68. The number of carbonyl (C=O) groups excluding carboxylic acids is 2. The van der Waals surface area contributed by atoms with Gasteiger partial charge < -0.3 is 15.0 Å². The summed E-state index contributed by atoms with van der Waals surface area (Å²) < 4.78 is 5.71. The van der Waals surface area contributed by atoms with Crippen molar-refractivity contribution in [1.29, 1.82) is 0 Å². The van der Waals surface area contributed by atoms with E-state index in [-0.39, 0.29) is 18.4 Å². The maximum absolute atomic E-state index is 12.5. The van der Waals surface area contributed by atoms with Crippen LogP contribution in [0.15, 0.2) is 42.5 Å². The van der Waals surface area contributed by atoms with E-state index in [0.717, 1.165) is 11.1 Å². The van der Waals surface area contributed by atoms with E-state index < -0.39 is 6.10 Å². The summed E-state index contributed by atoms with van der Waals surface area (Å²) in [5, 5.41) is 3.38. The summed E-state index contributed by atoms with van der Waals surface area (Å²) in [5.41, 5.74) is 2.65. The molecule has 138 valence electrons. The Morgan fingerprint density at radius 1 is 1.15 bits per heavy atom. The number of nitrogens with zero attached hydrogens (tertiary/aromatic N) is 1. The zero-order valence-corrected chi connectivity index (χ0v) is 16.1. The Morgan fingerprint density at radius 2 is 1.81 bits per heavy atom. The van der Waals surface area contributed by atoms with Crippen LogP contribution in [0, 0.1) is 13.8 Å². The molecule has 0 radical (unpaired) electrons. The standard InChI is InChI=1S/C20H23ClN2O3/c1-13-5-8-17(9-6-13)22-19(24)12-23(4)20(25)15(3)26-18-10-7-16(21)11-14(18)2/h5-11,15H,12H2,1-4H3,(H,22,24)/t15-/m0/s1. The number of anilines is 1. The highest BCUT2D eigenvalue weighted by molar-refractivity contribution is 6.30. The third-order valence-electron chi connectivity index (χ3n) is 3.88. The monoisotopic (exact) mass is 374 g/mol. The summed E-state index contributed by atoms with van der Waals surface area (Å²) in [6.45, 7) is 5.43. The molecule has 6 heteroatoms. The van der Waals surface area contributed by atoms with Gasteiger partial charge >= 0.3 is 0 Å². The molecule has 1 N–H and O–H groups in total. The topological polar surface area (TPSA) is 58.6 Å². The van der Waals surface area contributed by atoms with Crippen molar-refractivity contribution in [3.8, 4) is 5.75 Å². The molecule has 2 aromatic rings. The Kier molecular flexibility index (Phi) is 6.64. The fraction of sp³-hybridized carbons (Fsp3) is 0.300. The van der Waals surface area contributed by atoms with Crippen LogP contribution in [-0.2, 0) is 9.59 Å². The van der Waals surface area contributed by atoms with Gasteiger partial charge in [-0.1, -0.05) is 29.3 Å². The van der Waals surface area contributed by atoms with Crippen LogP contribution in [0.2, 0.25) is 5.02 Å². The predicted octanol–water partition coefficient (Wildman–Crippen LogP) is 3.82. The molecule has 1 atom stereocenters. The van der Waals surface area contributed by atoms with Gasteiger partial charge in [0.25, 0.3) is 5.91 Å². The number of hydrogen-bond donors (Lipinski definition) is 1. The van der Waals surface area contributed by atoms with Gasteiger partial charge in [0.15, 0.2) is 6.10 Å². The van der Waals surface area contributed by atoms with Gasteiger partial charge in [0.2, 0.25) is 5.91 Å². The second kappa shape index (κ2) is 8.72. The van der Waals surface area contributed by atoms with Crippen LogP contribution in [0.1, 0.15) is 18.1 Å². The first kappa shape index (κ1) is 19.8. The summed E-state index contributed by atoms with van der Waals surface area (Å²) in [6, 6.07) is 12.7. The van der Waals surface area contributed by atoms with E-state index >= 15 is 0 Å². The smallest absolute Gasteiger partial charge is 0.263 e. The molecule has 5 nitrogen and oxygen atoms in total. The SMILES string of the molecule is Cc1ccc(NC(=O)CN(C)C(=O)[C@H](C)Oc2ccc(Cl)cc2C)cc1. The van der Waals surface area contributed by atoms with E-state index in [2.05, 4.69) is 5.32 Å². The molecular formula is C20H23ClN2O3. The van der Waals surface area contributed by atoms with Crippen molar-refractivity contribution in [3.63, 3.8) is 0 Å². The Morgan fingerprint density at radius 3 is 2.42 bits per heavy atom. The van der Waals surface area contributed by atoms with Gasteiger partial charge in [0, 0.05) is 17.8 Å². The van der Waals surface area contributed by atoms with Gasteiger partial charge in [0.05, 0.1) is 6.54 Å². The van der Waals surface area contributed by atoms with Crippen molar-refractivity contribution in [1.82, 2.24) is 4.90 Å². The van der Waals surface area contributed by atoms with Gasteiger partial charge in [-0.3, -0.25) is 9.59 Å². The van der Waals surface area contributed by atoms with Crippen LogP contribution in [0.3, 0.4) is 0 Å². The Balaban J connectivity index is 1.91. The van der Waals surface area contributed by atoms with Crippen molar-refractivity contribution in [2.75, 3.05) is 18.9 Å². The van der Waals surface area contributed by atoms with E-state index in [0.29, 0.717) is 16.5 Å². The summed E-state index contributed by atoms with van der Waals surface area (Å²) in [6.07, 6.45) is -0.716. The Labute approximate surface area is 158 Å². The van der Waals surface area contributed by atoms with Crippen LogP contribution in [-0.4, -0.2) is 36.4 Å². The largest absolute Gasteiger partial charge is 0.481 e. The number of nitrogens with one attached hydrogen (secondary N) is 1. The molecule has 2 rings (SSSR count). The number of rotatable bonds is 6. The highest BCUT2D eigenvalue weighted by atomic mass is 35.5. The molecule has 0 aliphatic carbocycles. The minimum Gasteiger partial charge on any atom is -0.481 e. The number of amides is 2. The lowest BCUT2D eigenvalue weighted by molar-refractivity contribution is -0.139. The molecular weight excluding hydrogens is 352 g/mol. The van der Waals surface area contributed by atoms with Crippen molar-refractivity contribution in [2.45, 2.75) is 26.9 Å². The highest BCUT2D eigenvalue weighted by Gasteiger charge is 2.21. The van der Waals surface area contributed by atoms with Gasteiger partial charge in [-0.15, -0.1) is 0 Å². The molecule has 26 heavy (non-hydrogen) atoms. The first-order chi connectivity index (χ1) is 12.3. The maximum atomic E-state index is 12.5. The van der Waals surface area contributed by atoms with Gasteiger partial charge in [-0.05, 0) is 56.7 Å². The van der Waals surface area contributed by atoms with E-state index in [4.69, 9.17) is 16.3 Å². The number of benzene rings is 2. The molecule has 0 saturated carbocycles.